The number of rotatable bonds is 14. The van der Waals surface area contributed by atoms with Crippen LogP contribution in [0, 0.1) is 0 Å². The second kappa shape index (κ2) is 15.4. The number of nitrogens with zero attached hydrogens (tertiary/aromatic N) is 2. The Morgan fingerprint density at radius 1 is 0.951 bits per heavy atom. The molecule has 0 aliphatic heterocycles. The van der Waals surface area contributed by atoms with E-state index in [4.69, 9.17) is 23.2 Å². The molecule has 3 rings (SSSR count). The number of benzene rings is 3. The highest BCUT2D eigenvalue weighted by Crippen LogP contribution is 2.25. The van der Waals surface area contributed by atoms with Gasteiger partial charge in [0.15, 0.2) is 0 Å². The minimum absolute atomic E-state index is 0.0434. The molecule has 0 saturated carbocycles. The number of hydrogen-bond donors (Lipinski definition) is 1. The third-order valence-corrected chi connectivity index (χ3v) is 9.40. The Hall–Kier alpha value is -2.91. The van der Waals surface area contributed by atoms with Crippen molar-refractivity contribution in [3.63, 3.8) is 0 Å². The lowest BCUT2D eigenvalue weighted by atomic mass is 10.0. The zero-order valence-corrected chi connectivity index (χ0v) is 25.9. The van der Waals surface area contributed by atoms with Gasteiger partial charge in [0.05, 0.1) is 4.90 Å². The van der Waals surface area contributed by atoms with E-state index in [-0.39, 0.29) is 48.7 Å². The van der Waals surface area contributed by atoms with Crippen LogP contribution in [0.25, 0.3) is 0 Å². The predicted molar refractivity (Wildman–Crippen MR) is 164 cm³/mol. The standard InChI is InChI=1S/C31H37Cl2N3O4S/c1-4-23(2)34-31(38)29(20-24-12-7-5-8-13-24)36(22-25-17-18-26(32)21-28(25)33)30(37)16-11-19-35(3)41(39,40)27-14-9-6-10-15-27/h5-10,12-15,17-18,21,23,29H,4,11,16,19-20,22H2,1-3H3,(H,34,38)/t23-,29-/m1/s1. The lowest BCUT2D eigenvalue weighted by Gasteiger charge is -2.33. The van der Waals surface area contributed by atoms with E-state index in [0.29, 0.717) is 22.0 Å². The molecule has 0 unspecified atom stereocenters. The summed E-state index contributed by atoms with van der Waals surface area (Å²) in [6.07, 6.45) is 1.37. The SMILES string of the molecule is CC[C@@H](C)NC(=O)[C@@H](Cc1ccccc1)N(Cc1ccc(Cl)cc1Cl)C(=O)CCCN(C)S(=O)(=O)c1ccccc1. The van der Waals surface area contributed by atoms with Gasteiger partial charge in [0, 0.05) is 49.1 Å². The van der Waals surface area contributed by atoms with Gasteiger partial charge >= 0.3 is 0 Å². The van der Waals surface area contributed by atoms with Crippen LogP contribution in [0.5, 0.6) is 0 Å². The third-order valence-electron chi connectivity index (χ3n) is 6.94. The number of nitrogens with one attached hydrogen (secondary N) is 1. The van der Waals surface area contributed by atoms with Gasteiger partial charge in [-0.15, -0.1) is 0 Å². The molecule has 220 valence electrons. The van der Waals surface area contributed by atoms with Crippen molar-refractivity contribution in [2.45, 2.75) is 63.1 Å². The molecule has 0 aromatic heterocycles. The molecule has 7 nitrogen and oxygen atoms in total. The van der Waals surface area contributed by atoms with Gasteiger partial charge in [-0.05, 0) is 55.2 Å². The number of halogens is 2. The maximum atomic E-state index is 13.8. The molecule has 0 bridgehead atoms. The molecule has 0 aliphatic carbocycles. The van der Waals surface area contributed by atoms with E-state index < -0.39 is 16.1 Å². The van der Waals surface area contributed by atoms with Crippen LogP contribution in [-0.2, 0) is 32.6 Å². The normalized spacial score (nSPS) is 13.0. The summed E-state index contributed by atoms with van der Waals surface area (Å²) in [6.45, 7) is 4.13. The van der Waals surface area contributed by atoms with E-state index in [2.05, 4.69) is 5.32 Å². The van der Waals surface area contributed by atoms with Crippen molar-refractivity contribution in [3.05, 3.63) is 100 Å². The maximum Gasteiger partial charge on any atom is 0.243 e. The maximum absolute atomic E-state index is 13.8. The molecule has 1 N–H and O–H groups in total. The van der Waals surface area contributed by atoms with E-state index in [0.717, 1.165) is 12.0 Å². The second-order valence-electron chi connectivity index (χ2n) is 10.0. The van der Waals surface area contributed by atoms with Crippen molar-refractivity contribution in [1.29, 1.82) is 0 Å². The zero-order chi connectivity index (χ0) is 30.0. The molecule has 0 saturated heterocycles. The quantitative estimate of drug-likeness (QED) is 0.242. The first kappa shape index (κ1) is 32.6. The Morgan fingerprint density at radius 2 is 1.59 bits per heavy atom. The van der Waals surface area contributed by atoms with Crippen LogP contribution >= 0.6 is 23.2 Å². The van der Waals surface area contributed by atoms with Gasteiger partial charge in [-0.2, -0.15) is 0 Å². The van der Waals surface area contributed by atoms with Crippen molar-refractivity contribution < 1.29 is 18.0 Å². The van der Waals surface area contributed by atoms with Crippen LogP contribution in [0.15, 0.2) is 83.8 Å². The first-order valence-corrected chi connectivity index (χ1v) is 15.8. The van der Waals surface area contributed by atoms with Crippen molar-refractivity contribution in [1.82, 2.24) is 14.5 Å². The topological polar surface area (TPSA) is 86.8 Å². The fraction of sp³-hybridized carbons (Fsp3) is 0.355. The molecule has 3 aromatic rings. The Labute approximate surface area is 253 Å². The lowest BCUT2D eigenvalue weighted by molar-refractivity contribution is -0.141. The molecular weight excluding hydrogens is 581 g/mol. The molecule has 0 radical (unpaired) electrons. The minimum Gasteiger partial charge on any atom is -0.352 e. The first-order chi connectivity index (χ1) is 19.5. The number of hydrogen-bond acceptors (Lipinski definition) is 4. The summed E-state index contributed by atoms with van der Waals surface area (Å²) in [5.74, 6) is -0.535. The van der Waals surface area contributed by atoms with Gasteiger partial charge in [0.1, 0.15) is 6.04 Å². The highest BCUT2D eigenvalue weighted by Gasteiger charge is 2.31. The Balaban J connectivity index is 1.86. The molecule has 2 amide bonds. The average Bonchev–Trinajstić information content (AvgIpc) is 2.96. The molecule has 2 atom stereocenters. The van der Waals surface area contributed by atoms with Gasteiger partial charge in [-0.3, -0.25) is 9.59 Å². The summed E-state index contributed by atoms with van der Waals surface area (Å²) >= 11 is 12.6. The van der Waals surface area contributed by atoms with Crippen LogP contribution in [-0.4, -0.2) is 55.1 Å². The summed E-state index contributed by atoms with van der Waals surface area (Å²) in [5, 5.41) is 3.89. The summed E-state index contributed by atoms with van der Waals surface area (Å²) in [6, 6.07) is 21.9. The smallest absolute Gasteiger partial charge is 0.243 e. The van der Waals surface area contributed by atoms with Gasteiger partial charge in [0.2, 0.25) is 21.8 Å². The molecule has 3 aromatic carbocycles. The Kier molecular flexibility index (Phi) is 12.2. The summed E-state index contributed by atoms with van der Waals surface area (Å²) in [4.78, 5) is 29.2. The average molecular weight is 619 g/mol. The van der Waals surface area contributed by atoms with Gasteiger partial charge in [0.25, 0.3) is 0 Å². The molecular formula is C31H37Cl2N3O4S. The van der Waals surface area contributed by atoms with Crippen LogP contribution in [0.3, 0.4) is 0 Å². The fourth-order valence-corrected chi connectivity index (χ4v) is 6.02. The van der Waals surface area contributed by atoms with Crippen molar-refractivity contribution in [2.75, 3.05) is 13.6 Å². The Morgan fingerprint density at radius 3 is 2.20 bits per heavy atom. The van der Waals surface area contributed by atoms with Gasteiger partial charge < -0.3 is 10.2 Å². The monoisotopic (exact) mass is 617 g/mol. The summed E-state index contributed by atoms with van der Waals surface area (Å²) in [5.41, 5.74) is 1.56. The Bertz CT molecular complexity index is 1410. The molecule has 41 heavy (non-hydrogen) atoms. The van der Waals surface area contributed by atoms with Gasteiger partial charge in [-0.25, -0.2) is 12.7 Å². The fourth-order valence-electron chi connectivity index (χ4n) is 4.32. The number of amides is 2. The second-order valence-corrected chi connectivity index (χ2v) is 12.9. The van der Waals surface area contributed by atoms with E-state index in [1.54, 1.807) is 53.4 Å². The third kappa shape index (κ3) is 9.30. The zero-order valence-electron chi connectivity index (χ0n) is 23.6. The van der Waals surface area contributed by atoms with E-state index in [1.807, 2.05) is 44.2 Å². The van der Waals surface area contributed by atoms with Crippen molar-refractivity contribution in [2.24, 2.45) is 0 Å². The highest BCUT2D eigenvalue weighted by molar-refractivity contribution is 7.89. The van der Waals surface area contributed by atoms with Crippen molar-refractivity contribution in [3.8, 4) is 0 Å². The molecule has 10 heteroatoms. The number of sulfonamides is 1. The number of carbonyl (C=O) groups excluding carboxylic acids is 2. The van der Waals surface area contributed by atoms with Crippen LogP contribution < -0.4 is 5.32 Å². The molecule has 0 heterocycles. The summed E-state index contributed by atoms with van der Waals surface area (Å²) < 4.78 is 27.1. The highest BCUT2D eigenvalue weighted by atomic mass is 35.5. The minimum atomic E-state index is -3.69. The van der Waals surface area contributed by atoms with Crippen LogP contribution in [0.4, 0.5) is 0 Å². The van der Waals surface area contributed by atoms with Crippen LogP contribution in [0.1, 0.15) is 44.2 Å². The van der Waals surface area contributed by atoms with E-state index in [9.17, 15) is 18.0 Å². The number of carbonyl (C=O) groups is 2. The predicted octanol–water partition coefficient (Wildman–Crippen LogP) is 5.95. The molecule has 0 fully saturated rings. The van der Waals surface area contributed by atoms with E-state index >= 15 is 0 Å². The van der Waals surface area contributed by atoms with E-state index in [1.165, 1.54) is 11.4 Å². The summed E-state index contributed by atoms with van der Waals surface area (Å²) in [7, 11) is -2.19. The van der Waals surface area contributed by atoms with Crippen LogP contribution in [0.2, 0.25) is 10.0 Å². The molecule has 0 aliphatic rings. The first-order valence-electron chi connectivity index (χ1n) is 13.6. The molecule has 0 spiro atoms. The largest absolute Gasteiger partial charge is 0.352 e. The van der Waals surface area contributed by atoms with Gasteiger partial charge in [-0.1, -0.05) is 84.7 Å². The van der Waals surface area contributed by atoms with Crippen molar-refractivity contribution >= 4 is 45.0 Å². The lowest BCUT2D eigenvalue weighted by Crippen LogP contribution is -2.52.